The summed E-state index contributed by atoms with van der Waals surface area (Å²) in [5.74, 6) is 0.610. The Morgan fingerprint density at radius 2 is 1.84 bits per heavy atom. The van der Waals surface area contributed by atoms with Crippen molar-refractivity contribution in [2.24, 2.45) is 0 Å². The third kappa shape index (κ3) is 2.76. The van der Waals surface area contributed by atoms with Gasteiger partial charge in [-0.2, -0.15) is 4.98 Å². The van der Waals surface area contributed by atoms with Crippen molar-refractivity contribution in [2.75, 3.05) is 0 Å². The Kier molecular flexibility index (Phi) is 3.53. The summed E-state index contributed by atoms with van der Waals surface area (Å²) in [5, 5.41) is 4.35. The predicted molar refractivity (Wildman–Crippen MR) is 92.4 cm³/mol. The number of rotatable bonds is 3. The molecule has 2 heterocycles. The van der Waals surface area contributed by atoms with Gasteiger partial charge in [0.1, 0.15) is 6.54 Å². The number of aryl methyl sites for hydroxylation is 1. The number of nitrogens with one attached hydrogen (secondary N) is 1. The molecular formula is C18H14N4O3. The summed E-state index contributed by atoms with van der Waals surface area (Å²) in [6, 6.07) is 14.5. The largest absolute Gasteiger partial charge is 0.337 e. The summed E-state index contributed by atoms with van der Waals surface area (Å²) in [6.07, 6.45) is 0. The van der Waals surface area contributed by atoms with E-state index in [2.05, 4.69) is 15.1 Å². The molecule has 0 atom stereocenters. The molecular weight excluding hydrogens is 320 g/mol. The summed E-state index contributed by atoms with van der Waals surface area (Å²) in [7, 11) is 0. The van der Waals surface area contributed by atoms with Crippen molar-refractivity contribution in [3.63, 3.8) is 0 Å². The molecule has 0 saturated carbocycles. The highest BCUT2D eigenvalue weighted by molar-refractivity contribution is 5.76. The maximum Gasteiger partial charge on any atom is 0.329 e. The molecule has 0 aliphatic rings. The van der Waals surface area contributed by atoms with E-state index in [1.807, 2.05) is 31.2 Å². The molecule has 7 heteroatoms. The third-order valence-corrected chi connectivity index (χ3v) is 3.96. The number of nitrogens with zero attached hydrogens (tertiary/aromatic N) is 3. The van der Waals surface area contributed by atoms with Crippen molar-refractivity contribution in [1.82, 2.24) is 19.7 Å². The maximum absolute atomic E-state index is 12.5. The molecule has 7 nitrogen and oxygen atoms in total. The lowest BCUT2D eigenvalue weighted by Crippen LogP contribution is -2.35. The van der Waals surface area contributed by atoms with E-state index >= 15 is 0 Å². The van der Waals surface area contributed by atoms with Crippen LogP contribution in [0.4, 0.5) is 0 Å². The number of H-pyrrole nitrogens is 1. The summed E-state index contributed by atoms with van der Waals surface area (Å²) >= 11 is 0. The van der Waals surface area contributed by atoms with Crippen molar-refractivity contribution in [2.45, 2.75) is 13.5 Å². The molecule has 1 N–H and O–H groups in total. The molecule has 0 saturated heterocycles. The molecule has 2 aromatic carbocycles. The minimum absolute atomic E-state index is 0.0855. The number of hydrogen-bond donors (Lipinski definition) is 1. The lowest BCUT2D eigenvalue weighted by Gasteiger charge is -2.03. The van der Waals surface area contributed by atoms with E-state index in [1.165, 1.54) is 0 Å². The molecule has 0 unspecified atom stereocenters. The average Bonchev–Trinajstić information content (AvgIpc) is 3.08. The third-order valence-electron chi connectivity index (χ3n) is 3.96. The van der Waals surface area contributed by atoms with Gasteiger partial charge in [-0.1, -0.05) is 47.1 Å². The number of hydrogen-bond acceptors (Lipinski definition) is 5. The van der Waals surface area contributed by atoms with Gasteiger partial charge in [0.2, 0.25) is 11.7 Å². The Balaban J connectivity index is 1.72. The molecule has 2 aromatic heterocycles. The fourth-order valence-corrected chi connectivity index (χ4v) is 2.62. The molecule has 0 aliphatic carbocycles. The van der Waals surface area contributed by atoms with Gasteiger partial charge in [-0.25, -0.2) is 4.79 Å². The number of fused-ring (bicyclic) bond motifs is 1. The minimum atomic E-state index is -0.515. The van der Waals surface area contributed by atoms with Crippen LogP contribution < -0.4 is 11.2 Å². The first-order valence-electron chi connectivity index (χ1n) is 7.73. The highest BCUT2D eigenvalue weighted by atomic mass is 16.5. The van der Waals surface area contributed by atoms with Gasteiger partial charge < -0.3 is 9.51 Å². The van der Waals surface area contributed by atoms with Crippen LogP contribution in [-0.2, 0) is 6.54 Å². The van der Waals surface area contributed by atoms with Crippen LogP contribution in [-0.4, -0.2) is 19.7 Å². The summed E-state index contributed by atoms with van der Waals surface area (Å²) in [4.78, 5) is 31.7. The van der Waals surface area contributed by atoms with Crippen molar-refractivity contribution in [3.05, 3.63) is 80.8 Å². The second kappa shape index (κ2) is 5.86. The quantitative estimate of drug-likeness (QED) is 0.619. The second-order valence-corrected chi connectivity index (χ2v) is 5.74. The zero-order valence-corrected chi connectivity index (χ0v) is 13.4. The Hall–Kier alpha value is -3.48. The van der Waals surface area contributed by atoms with E-state index in [0.29, 0.717) is 16.7 Å². The van der Waals surface area contributed by atoms with E-state index in [1.54, 1.807) is 24.3 Å². The molecule has 4 rings (SSSR count). The van der Waals surface area contributed by atoms with E-state index in [-0.39, 0.29) is 12.4 Å². The molecule has 0 aliphatic heterocycles. The van der Waals surface area contributed by atoms with Gasteiger partial charge >= 0.3 is 5.69 Å². The predicted octanol–water partition coefficient (Wildman–Crippen LogP) is 2.10. The van der Waals surface area contributed by atoms with Gasteiger partial charge in [0.05, 0.1) is 10.9 Å². The molecule has 0 spiro atoms. The zero-order chi connectivity index (χ0) is 17.4. The number of aromatic amines is 1. The van der Waals surface area contributed by atoms with E-state index in [0.717, 1.165) is 15.7 Å². The highest BCUT2D eigenvalue weighted by Gasteiger charge is 2.13. The fraction of sp³-hybridized carbons (Fsp3) is 0.111. The maximum atomic E-state index is 12.5. The van der Waals surface area contributed by atoms with E-state index in [4.69, 9.17) is 4.52 Å². The molecule has 0 fully saturated rings. The van der Waals surface area contributed by atoms with Crippen LogP contribution in [0.1, 0.15) is 11.5 Å². The Bertz CT molecular complexity index is 1170. The topological polar surface area (TPSA) is 93.8 Å². The first-order valence-corrected chi connectivity index (χ1v) is 7.73. The van der Waals surface area contributed by atoms with E-state index < -0.39 is 11.2 Å². The highest BCUT2D eigenvalue weighted by Crippen LogP contribution is 2.16. The average molecular weight is 334 g/mol. The van der Waals surface area contributed by atoms with Crippen molar-refractivity contribution in [3.8, 4) is 11.4 Å². The van der Waals surface area contributed by atoms with Crippen LogP contribution in [0.15, 0.2) is 62.6 Å². The molecule has 124 valence electrons. The summed E-state index contributed by atoms with van der Waals surface area (Å²) in [5.41, 5.74) is 1.52. The summed E-state index contributed by atoms with van der Waals surface area (Å²) < 4.78 is 6.25. The SMILES string of the molecule is Cc1ccc(-c2noc(Cn3c(=O)[nH]c4ccccc4c3=O)n2)cc1. The monoisotopic (exact) mass is 334 g/mol. The molecule has 0 amide bonds. The molecule has 0 radical (unpaired) electrons. The normalized spacial score (nSPS) is 11.1. The first-order chi connectivity index (χ1) is 12.1. The van der Waals surface area contributed by atoms with Gasteiger partial charge in [0.25, 0.3) is 5.56 Å². The van der Waals surface area contributed by atoms with Crippen LogP contribution >= 0.6 is 0 Å². The van der Waals surface area contributed by atoms with Crippen LogP contribution in [0, 0.1) is 6.92 Å². The smallest absolute Gasteiger partial charge is 0.329 e. The van der Waals surface area contributed by atoms with Crippen molar-refractivity contribution < 1.29 is 4.52 Å². The van der Waals surface area contributed by atoms with Gasteiger partial charge in [-0.05, 0) is 19.1 Å². The fourth-order valence-electron chi connectivity index (χ4n) is 2.62. The Labute approximate surface area is 141 Å². The van der Waals surface area contributed by atoms with Gasteiger partial charge in [0, 0.05) is 5.56 Å². The Morgan fingerprint density at radius 1 is 1.08 bits per heavy atom. The lowest BCUT2D eigenvalue weighted by molar-refractivity contribution is 0.368. The van der Waals surface area contributed by atoms with Crippen LogP contribution in [0.5, 0.6) is 0 Å². The van der Waals surface area contributed by atoms with Crippen LogP contribution in [0.2, 0.25) is 0 Å². The van der Waals surface area contributed by atoms with Crippen LogP contribution in [0.3, 0.4) is 0 Å². The van der Waals surface area contributed by atoms with Gasteiger partial charge in [0.15, 0.2) is 0 Å². The van der Waals surface area contributed by atoms with Gasteiger partial charge in [-0.15, -0.1) is 0 Å². The molecule has 0 bridgehead atoms. The van der Waals surface area contributed by atoms with Crippen LogP contribution in [0.25, 0.3) is 22.3 Å². The van der Waals surface area contributed by atoms with E-state index in [9.17, 15) is 9.59 Å². The standard InChI is InChI=1S/C18H14N4O3/c1-11-6-8-12(9-7-11)16-20-15(25-21-16)10-22-17(23)13-4-2-3-5-14(13)19-18(22)24/h2-9H,10H2,1H3,(H,19,24). The molecule has 4 aromatic rings. The number of aromatic nitrogens is 4. The first kappa shape index (κ1) is 15.1. The van der Waals surface area contributed by atoms with Crippen molar-refractivity contribution in [1.29, 1.82) is 0 Å². The number of para-hydroxylation sites is 1. The zero-order valence-electron chi connectivity index (χ0n) is 13.4. The number of benzene rings is 2. The second-order valence-electron chi connectivity index (χ2n) is 5.74. The summed E-state index contributed by atoms with van der Waals surface area (Å²) in [6.45, 7) is 1.90. The molecule has 25 heavy (non-hydrogen) atoms. The lowest BCUT2D eigenvalue weighted by atomic mass is 10.1. The minimum Gasteiger partial charge on any atom is -0.337 e. The Morgan fingerprint density at radius 3 is 2.64 bits per heavy atom. The van der Waals surface area contributed by atoms with Crippen molar-refractivity contribution >= 4 is 10.9 Å². The van der Waals surface area contributed by atoms with Gasteiger partial charge in [-0.3, -0.25) is 9.36 Å².